The van der Waals surface area contributed by atoms with Crippen LogP contribution in [-0.4, -0.2) is 15.1 Å². The van der Waals surface area contributed by atoms with Crippen LogP contribution in [0.4, 0.5) is 0 Å². The molecule has 190 valence electrons. The highest BCUT2D eigenvalue weighted by atomic mass is 32.2. The maximum Gasteiger partial charge on any atom is 0.124 e. The van der Waals surface area contributed by atoms with Gasteiger partial charge in [-0.2, -0.15) is 0 Å². The number of benzene rings is 3. The number of hydrogen-bond donors (Lipinski definition) is 1. The standard InChI is InChI=1S/C34H32N2OS/c1-22-11-10-12-23(2)33(22)25-19-29(36-30(20-25)28-13-6-7-14-31(28)37)24-17-26(34(3,4)5)21-27(18-24)38-32-15-8-9-16-35-32/h6-21,37H,1-5H3. The molecule has 2 heterocycles. The van der Waals surface area contributed by atoms with Crippen LogP contribution in [0.2, 0.25) is 0 Å². The van der Waals surface area contributed by atoms with Crippen molar-refractivity contribution in [2.45, 2.75) is 50.0 Å². The van der Waals surface area contributed by atoms with Crippen LogP contribution in [0.15, 0.2) is 107 Å². The Morgan fingerprint density at radius 3 is 2.11 bits per heavy atom. The zero-order chi connectivity index (χ0) is 26.9. The molecule has 0 saturated heterocycles. The summed E-state index contributed by atoms with van der Waals surface area (Å²) in [5.74, 6) is 0.222. The van der Waals surface area contributed by atoms with Gasteiger partial charge < -0.3 is 5.11 Å². The van der Waals surface area contributed by atoms with Crippen LogP contribution in [0.5, 0.6) is 5.75 Å². The molecule has 1 N–H and O–H groups in total. The number of aryl methyl sites for hydroxylation is 2. The fraction of sp³-hybridized carbons (Fsp3) is 0.176. The molecule has 0 saturated carbocycles. The number of aromatic nitrogens is 2. The molecule has 2 aromatic heterocycles. The van der Waals surface area contributed by atoms with E-state index in [1.807, 2.05) is 42.6 Å². The van der Waals surface area contributed by atoms with Gasteiger partial charge in [-0.15, -0.1) is 0 Å². The molecule has 5 rings (SSSR count). The first-order chi connectivity index (χ1) is 18.2. The largest absolute Gasteiger partial charge is 0.507 e. The Hall–Kier alpha value is -3.89. The second kappa shape index (κ2) is 10.5. The summed E-state index contributed by atoms with van der Waals surface area (Å²) in [5.41, 5.74) is 9.28. The van der Waals surface area contributed by atoms with E-state index in [-0.39, 0.29) is 11.2 Å². The van der Waals surface area contributed by atoms with Gasteiger partial charge in [0.25, 0.3) is 0 Å². The molecule has 0 aliphatic carbocycles. The quantitative estimate of drug-likeness (QED) is 0.253. The first-order valence-corrected chi connectivity index (χ1v) is 13.6. The van der Waals surface area contributed by atoms with Gasteiger partial charge in [0.05, 0.1) is 11.4 Å². The first kappa shape index (κ1) is 25.7. The number of aromatic hydroxyl groups is 1. The molecule has 0 unspecified atom stereocenters. The zero-order valence-electron chi connectivity index (χ0n) is 22.5. The molecule has 3 aromatic carbocycles. The van der Waals surface area contributed by atoms with E-state index in [2.05, 4.69) is 88.1 Å². The van der Waals surface area contributed by atoms with Gasteiger partial charge in [-0.05, 0) is 102 Å². The average Bonchev–Trinajstić information content (AvgIpc) is 2.89. The van der Waals surface area contributed by atoms with Crippen LogP contribution < -0.4 is 0 Å². The second-order valence-electron chi connectivity index (χ2n) is 10.7. The Morgan fingerprint density at radius 1 is 0.711 bits per heavy atom. The number of nitrogens with zero attached hydrogens (tertiary/aromatic N) is 2. The molecule has 38 heavy (non-hydrogen) atoms. The van der Waals surface area contributed by atoms with Crippen molar-refractivity contribution >= 4 is 11.8 Å². The summed E-state index contributed by atoms with van der Waals surface area (Å²) in [6, 6.07) is 30.7. The summed E-state index contributed by atoms with van der Waals surface area (Å²) in [6.45, 7) is 11.0. The van der Waals surface area contributed by atoms with Crippen LogP contribution in [0.25, 0.3) is 33.6 Å². The molecule has 0 atom stereocenters. The lowest BCUT2D eigenvalue weighted by Gasteiger charge is -2.22. The number of hydrogen-bond acceptors (Lipinski definition) is 4. The number of rotatable bonds is 5. The molecular formula is C34H32N2OS. The predicted octanol–water partition coefficient (Wildman–Crippen LogP) is 9.25. The Labute approximate surface area is 229 Å². The Morgan fingerprint density at radius 2 is 1.42 bits per heavy atom. The zero-order valence-corrected chi connectivity index (χ0v) is 23.3. The summed E-state index contributed by atoms with van der Waals surface area (Å²) in [5, 5.41) is 11.7. The highest BCUT2D eigenvalue weighted by Gasteiger charge is 2.19. The van der Waals surface area contributed by atoms with Crippen molar-refractivity contribution < 1.29 is 5.11 Å². The normalized spacial score (nSPS) is 11.5. The van der Waals surface area contributed by atoms with Gasteiger partial charge in [0.1, 0.15) is 10.8 Å². The first-order valence-electron chi connectivity index (χ1n) is 12.8. The number of phenolic OH excluding ortho intramolecular Hbond substituents is 1. The van der Waals surface area contributed by atoms with E-state index in [4.69, 9.17) is 4.98 Å². The van der Waals surface area contributed by atoms with Gasteiger partial charge in [-0.3, -0.25) is 0 Å². The monoisotopic (exact) mass is 516 g/mol. The van der Waals surface area contributed by atoms with Crippen LogP contribution >= 0.6 is 11.8 Å². The molecule has 0 radical (unpaired) electrons. The van der Waals surface area contributed by atoms with Crippen molar-refractivity contribution in [3.05, 3.63) is 114 Å². The van der Waals surface area contributed by atoms with E-state index < -0.39 is 0 Å². The molecule has 5 aromatic rings. The molecule has 4 heteroatoms. The second-order valence-corrected chi connectivity index (χ2v) is 11.8. The van der Waals surface area contributed by atoms with Crippen LogP contribution in [0, 0.1) is 13.8 Å². The molecule has 0 fully saturated rings. The number of para-hydroxylation sites is 1. The van der Waals surface area contributed by atoms with Crippen LogP contribution in [0.3, 0.4) is 0 Å². The maximum absolute atomic E-state index is 10.7. The van der Waals surface area contributed by atoms with Crippen molar-refractivity contribution in [3.8, 4) is 39.4 Å². The van der Waals surface area contributed by atoms with Crippen LogP contribution in [-0.2, 0) is 5.41 Å². The highest BCUT2D eigenvalue weighted by molar-refractivity contribution is 7.99. The van der Waals surface area contributed by atoms with Gasteiger partial charge >= 0.3 is 0 Å². The lowest BCUT2D eigenvalue weighted by molar-refractivity contribution is 0.477. The number of pyridine rings is 2. The van der Waals surface area contributed by atoms with Gasteiger partial charge in [-0.1, -0.05) is 68.9 Å². The third kappa shape index (κ3) is 5.51. The molecule has 0 aliphatic heterocycles. The summed E-state index contributed by atoms with van der Waals surface area (Å²) < 4.78 is 0. The summed E-state index contributed by atoms with van der Waals surface area (Å²) in [4.78, 5) is 10.8. The van der Waals surface area contributed by atoms with E-state index in [0.717, 1.165) is 38.0 Å². The summed E-state index contributed by atoms with van der Waals surface area (Å²) in [7, 11) is 0. The van der Waals surface area contributed by atoms with E-state index in [1.165, 1.54) is 22.3 Å². The van der Waals surface area contributed by atoms with Crippen molar-refractivity contribution in [1.82, 2.24) is 9.97 Å². The topological polar surface area (TPSA) is 46.0 Å². The predicted molar refractivity (Wildman–Crippen MR) is 159 cm³/mol. The molecule has 3 nitrogen and oxygen atoms in total. The minimum absolute atomic E-state index is 0.0415. The van der Waals surface area contributed by atoms with Crippen molar-refractivity contribution in [2.24, 2.45) is 0 Å². The third-order valence-corrected chi connectivity index (χ3v) is 7.63. The summed E-state index contributed by atoms with van der Waals surface area (Å²) >= 11 is 1.66. The van der Waals surface area contributed by atoms with Crippen molar-refractivity contribution in [1.29, 1.82) is 0 Å². The Bertz CT molecular complexity index is 1580. The molecule has 0 aliphatic rings. The van der Waals surface area contributed by atoms with E-state index in [0.29, 0.717) is 0 Å². The lowest BCUT2D eigenvalue weighted by atomic mass is 9.85. The van der Waals surface area contributed by atoms with E-state index in [1.54, 1.807) is 17.8 Å². The van der Waals surface area contributed by atoms with Crippen molar-refractivity contribution in [3.63, 3.8) is 0 Å². The SMILES string of the molecule is Cc1cccc(C)c1-c1cc(-c2cc(Sc3ccccn3)cc(C(C)(C)C)c2)nc(-c2ccccc2O)c1. The maximum atomic E-state index is 10.7. The van der Waals surface area contributed by atoms with E-state index >= 15 is 0 Å². The van der Waals surface area contributed by atoms with Gasteiger partial charge in [0.15, 0.2) is 0 Å². The van der Waals surface area contributed by atoms with Gasteiger partial charge in [-0.25, -0.2) is 9.97 Å². The van der Waals surface area contributed by atoms with Crippen molar-refractivity contribution in [2.75, 3.05) is 0 Å². The molecule has 0 amide bonds. The lowest BCUT2D eigenvalue weighted by Crippen LogP contribution is -2.11. The summed E-state index contributed by atoms with van der Waals surface area (Å²) in [6.07, 6.45) is 1.82. The van der Waals surface area contributed by atoms with Gasteiger partial charge in [0.2, 0.25) is 0 Å². The minimum Gasteiger partial charge on any atom is -0.507 e. The molecular weight excluding hydrogens is 484 g/mol. The smallest absolute Gasteiger partial charge is 0.124 e. The Balaban J connectivity index is 1.74. The number of phenols is 1. The minimum atomic E-state index is -0.0415. The van der Waals surface area contributed by atoms with E-state index in [9.17, 15) is 5.11 Å². The molecule has 0 spiro atoms. The fourth-order valence-electron chi connectivity index (χ4n) is 4.69. The fourth-order valence-corrected chi connectivity index (χ4v) is 5.56. The Kier molecular flexibility index (Phi) is 7.09. The van der Waals surface area contributed by atoms with Gasteiger partial charge in [0, 0.05) is 22.2 Å². The van der Waals surface area contributed by atoms with Crippen LogP contribution in [0.1, 0.15) is 37.5 Å². The third-order valence-electron chi connectivity index (χ3n) is 6.70. The molecule has 0 bridgehead atoms. The highest BCUT2D eigenvalue weighted by Crippen LogP contribution is 2.39. The average molecular weight is 517 g/mol.